The SMILES string of the molecule is CC[Si](C)(C)C[c-]1ccc2c1CCCC2.[Cl][Ti+]([Cl])[Cl]. The number of hydrogen-bond acceptors (Lipinski definition) is 0. The predicted molar refractivity (Wildman–Crippen MR) is 87.9 cm³/mol. The van der Waals surface area contributed by atoms with Crippen LogP contribution in [-0.2, 0) is 33.6 Å². The molecule has 1 aliphatic rings. The molecule has 0 aliphatic heterocycles. The van der Waals surface area contributed by atoms with E-state index in [1.54, 1.807) is 16.7 Å². The summed E-state index contributed by atoms with van der Waals surface area (Å²) in [7, 11) is 14.0. The van der Waals surface area contributed by atoms with Crippen LogP contribution < -0.4 is 0 Å². The van der Waals surface area contributed by atoms with Gasteiger partial charge in [0.25, 0.3) is 0 Å². The van der Waals surface area contributed by atoms with E-state index in [0.717, 1.165) is 0 Å². The summed E-state index contributed by atoms with van der Waals surface area (Å²) in [4.78, 5) is 0. The van der Waals surface area contributed by atoms with Gasteiger partial charge in [0.15, 0.2) is 0 Å². The average Bonchev–Trinajstić information content (AvgIpc) is 2.72. The van der Waals surface area contributed by atoms with E-state index >= 15 is 0 Å². The summed E-state index contributed by atoms with van der Waals surface area (Å²) in [6.07, 6.45) is 5.51. The first-order chi connectivity index (χ1) is 8.85. The van der Waals surface area contributed by atoms with Crippen LogP contribution >= 0.6 is 27.9 Å². The Hall–Kier alpha value is 1.15. The van der Waals surface area contributed by atoms with Crippen LogP contribution in [0.3, 0.4) is 0 Å². The van der Waals surface area contributed by atoms with E-state index in [0.29, 0.717) is 0 Å². The van der Waals surface area contributed by atoms with E-state index in [9.17, 15) is 0 Å². The third kappa shape index (κ3) is 6.63. The van der Waals surface area contributed by atoms with E-state index in [-0.39, 0.29) is 0 Å². The Morgan fingerprint density at radius 1 is 1.21 bits per heavy atom. The number of rotatable bonds is 3. The predicted octanol–water partition coefficient (Wildman–Crippen LogP) is 6.16. The molecular formula is C14H23Cl3SiTi. The molecule has 1 aromatic carbocycles. The van der Waals surface area contributed by atoms with Crippen LogP contribution in [0.15, 0.2) is 12.1 Å². The maximum atomic E-state index is 4.97. The molecule has 0 amide bonds. The van der Waals surface area contributed by atoms with Gasteiger partial charge in [0.05, 0.1) is 0 Å². The maximum absolute atomic E-state index is 4.97. The monoisotopic (exact) mass is 372 g/mol. The Bertz CT molecular complexity index is 385. The van der Waals surface area contributed by atoms with Gasteiger partial charge in [-0.25, -0.2) is 6.07 Å². The van der Waals surface area contributed by atoms with Gasteiger partial charge in [-0.3, -0.25) is 0 Å². The van der Waals surface area contributed by atoms with Crippen LogP contribution in [0.5, 0.6) is 0 Å². The van der Waals surface area contributed by atoms with E-state index in [2.05, 4.69) is 32.2 Å². The number of hydrogen-bond donors (Lipinski definition) is 0. The Morgan fingerprint density at radius 3 is 2.37 bits per heavy atom. The third-order valence-electron chi connectivity index (χ3n) is 4.01. The van der Waals surface area contributed by atoms with E-state index in [4.69, 9.17) is 27.9 Å². The molecule has 108 valence electrons. The first-order valence-corrected chi connectivity index (χ1v) is 16.8. The fraction of sp³-hybridized carbons (Fsp3) is 0.643. The zero-order chi connectivity index (χ0) is 14.5. The average molecular weight is 374 g/mol. The summed E-state index contributed by atoms with van der Waals surface area (Å²) >= 11 is -1.92. The van der Waals surface area contributed by atoms with Crippen molar-refractivity contribution in [3.63, 3.8) is 0 Å². The normalized spacial score (nSPS) is 14.4. The van der Waals surface area contributed by atoms with Crippen molar-refractivity contribution < 1.29 is 14.7 Å². The molecule has 0 saturated carbocycles. The van der Waals surface area contributed by atoms with Gasteiger partial charge in [-0.15, -0.1) is 0 Å². The second-order valence-electron chi connectivity index (χ2n) is 5.98. The molecule has 0 aromatic heterocycles. The third-order valence-corrected chi connectivity index (χ3v) is 7.26. The molecule has 0 atom stereocenters. The molecule has 0 N–H and O–H groups in total. The van der Waals surface area contributed by atoms with Gasteiger partial charge in [-0.2, -0.15) is 22.8 Å². The Labute approximate surface area is 136 Å². The summed E-state index contributed by atoms with van der Waals surface area (Å²) < 4.78 is 0. The Balaban J connectivity index is 0.000000399. The molecular weight excluding hydrogens is 350 g/mol. The van der Waals surface area contributed by atoms with Crippen molar-refractivity contribution in [1.82, 2.24) is 0 Å². The van der Waals surface area contributed by atoms with Gasteiger partial charge in [0.1, 0.15) is 0 Å². The fourth-order valence-electron chi connectivity index (χ4n) is 2.59. The van der Waals surface area contributed by atoms with Gasteiger partial charge in [-0.05, 0) is 0 Å². The van der Waals surface area contributed by atoms with Gasteiger partial charge in [-0.1, -0.05) is 57.8 Å². The minimum absolute atomic E-state index is 0.941. The number of fused-ring (bicyclic) bond motifs is 1. The Morgan fingerprint density at radius 2 is 1.79 bits per heavy atom. The van der Waals surface area contributed by atoms with Crippen LogP contribution in [0.2, 0.25) is 19.1 Å². The number of aryl methyl sites for hydroxylation is 1. The van der Waals surface area contributed by atoms with Crippen molar-refractivity contribution in [2.45, 2.75) is 57.8 Å². The van der Waals surface area contributed by atoms with Crippen LogP contribution in [0.1, 0.15) is 36.5 Å². The molecule has 0 spiro atoms. The molecule has 5 heteroatoms. The van der Waals surface area contributed by atoms with Crippen molar-refractivity contribution in [2.24, 2.45) is 0 Å². The van der Waals surface area contributed by atoms with Gasteiger partial charge in [0.2, 0.25) is 0 Å². The molecule has 0 radical (unpaired) electrons. The fourth-order valence-corrected chi connectivity index (χ4v) is 4.20. The minimum atomic E-state index is -1.92. The molecule has 0 saturated heterocycles. The van der Waals surface area contributed by atoms with E-state index in [1.807, 2.05) is 0 Å². The molecule has 2 rings (SSSR count). The van der Waals surface area contributed by atoms with Crippen LogP contribution in [0.25, 0.3) is 0 Å². The van der Waals surface area contributed by atoms with Crippen molar-refractivity contribution in [3.8, 4) is 0 Å². The van der Waals surface area contributed by atoms with Crippen molar-refractivity contribution in [2.75, 3.05) is 0 Å². The molecule has 0 bridgehead atoms. The zero-order valence-corrected chi connectivity index (χ0v) is 16.9. The quantitative estimate of drug-likeness (QED) is 0.439. The van der Waals surface area contributed by atoms with Crippen molar-refractivity contribution >= 4 is 36.0 Å². The zero-order valence-electron chi connectivity index (χ0n) is 12.0. The first-order valence-electron chi connectivity index (χ1n) is 6.95. The standard InChI is InChI=1S/C14H23Si.3ClH.Ti/c1-4-15(2,3)11-13-10-9-12-7-5-6-8-14(12)13;;;;/h9-10H,4-8,11H2,1-3H3;3*1H;/q-1;;;;+4/p-3. The van der Waals surface area contributed by atoms with Gasteiger partial charge < -0.3 is 0 Å². The van der Waals surface area contributed by atoms with Crippen LogP contribution in [0.4, 0.5) is 0 Å². The van der Waals surface area contributed by atoms with Crippen molar-refractivity contribution in [1.29, 1.82) is 0 Å². The summed E-state index contributed by atoms with van der Waals surface area (Å²) in [6, 6.07) is 7.62. The summed E-state index contributed by atoms with van der Waals surface area (Å²) in [5.41, 5.74) is 5.09. The van der Waals surface area contributed by atoms with Crippen LogP contribution in [-0.4, -0.2) is 8.07 Å². The van der Waals surface area contributed by atoms with Gasteiger partial charge >= 0.3 is 42.6 Å². The molecule has 0 heterocycles. The van der Waals surface area contributed by atoms with Crippen LogP contribution in [0, 0.1) is 0 Å². The number of halogens is 3. The Kier molecular flexibility index (Phi) is 8.20. The second kappa shape index (κ2) is 8.56. The molecule has 1 aliphatic carbocycles. The molecule has 19 heavy (non-hydrogen) atoms. The molecule has 0 nitrogen and oxygen atoms in total. The molecule has 1 aromatic rings. The molecule has 0 fully saturated rings. The summed E-state index contributed by atoms with van der Waals surface area (Å²) in [6.45, 7) is 7.41. The summed E-state index contributed by atoms with van der Waals surface area (Å²) in [5, 5.41) is 0. The van der Waals surface area contributed by atoms with E-state index in [1.165, 1.54) is 37.8 Å². The molecule has 0 unspecified atom stereocenters. The van der Waals surface area contributed by atoms with Gasteiger partial charge in [0, 0.05) is 8.07 Å². The topological polar surface area (TPSA) is 0 Å². The summed E-state index contributed by atoms with van der Waals surface area (Å²) in [5.74, 6) is 0. The van der Waals surface area contributed by atoms with E-state index < -0.39 is 22.8 Å². The first kappa shape index (κ1) is 18.2. The van der Waals surface area contributed by atoms with Crippen molar-refractivity contribution in [3.05, 3.63) is 28.8 Å². The second-order valence-corrected chi connectivity index (χ2v) is 19.1.